The summed E-state index contributed by atoms with van der Waals surface area (Å²) in [5, 5.41) is 11.8. The van der Waals surface area contributed by atoms with Gasteiger partial charge in [-0.3, -0.25) is 10.1 Å². The van der Waals surface area contributed by atoms with E-state index in [1.165, 1.54) is 13.3 Å². The first-order valence-corrected chi connectivity index (χ1v) is 13.3. The molecule has 0 unspecified atom stereocenters. The summed E-state index contributed by atoms with van der Waals surface area (Å²) in [6.45, 7) is 3.07. The van der Waals surface area contributed by atoms with E-state index in [4.69, 9.17) is 5.11 Å². The van der Waals surface area contributed by atoms with Crippen molar-refractivity contribution in [1.29, 1.82) is 0 Å². The van der Waals surface area contributed by atoms with Crippen LogP contribution in [0.1, 0.15) is 70.4 Å². The summed E-state index contributed by atoms with van der Waals surface area (Å²) >= 11 is 0.844. The molecule has 0 radical (unpaired) electrons. The van der Waals surface area contributed by atoms with Crippen molar-refractivity contribution in [3.63, 3.8) is 0 Å². The number of aliphatic carboxylic acids is 1. The molecular formula is C20H32N4O5S2. The van der Waals surface area contributed by atoms with Crippen LogP contribution in [0, 0.1) is 12.8 Å². The van der Waals surface area contributed by atoms with E-state index in [1.807, 2.05) is 9.62 Å². The van der Waals surface area contributed by atoms with Crippen LogP contribution in [0.5, 0.6) is 0 Å². The molecule has 2 aliphatic rings. The Morgan fingerprint density at radius 3 is 2.32 bits per heavy atom. The lowest BCUT2D eigenvalue weighted by Crippen LogP contribution is -2.51. The van der Waals surface area contributed by atoms with Crippen molar-refractivity contribution >= 4 is 38.5 Å². The molecule has 2 saturated carbocycles. The summed E-state index contributed by atoms with van der Waals surface area (Å²) in [5.74, 6) is -0.593. The SMILES string of the molecule is Cc1nc(NC(=O)N(C2CCCCC2)C2CCC(C)CC2)sc1S(=O)(=O)NCC(=O)O. The summed E-state index contributed by atoms with van der Waals surface area (Å²) < 4.78 is 26.7. The lowest BCUT2D eigenvalue weighted by atomic mass is 9.84. The number of nitrogens with one attached hydrogen (secondary N) is 2. The first-order valence-electron chi connectivity index (χ1n) is 11.0. The van der Waals surface area contributed by atoms with E-state index in [1.54, 1.807) is 0 Å². The minimum Gasteiger partial charge on any atom is -0.480 e. The Morgan fingerprint density at radius 1 is 1.10 bits per heavy atom. The molecule has 2 fully saturated rings. The van der Waals surface area contributed by atoms with Crippen LogP contribution in [0.4, 0.5) is 9.93 Å². The smallest absolute Gasteiger partial charge is 0.324 e. The summed E-state index contributed by atoms with van der Waals surface area (Å²) in [5.41, 5.74) is 0.230. The third-order valence-electron chi connectivity index (χ3n) is 6.21. The Morgan fingerprint density at radius 2 is 1.71 bits per heavy atom. The number of aromatic nitrogens is 1. The molecule has 1 aromatic rings. The quantitative estimate of drug-likeness (QED) is 0.556. The van der Waals surface area contributed by atoms with E-state index < -0.39 is 22.5 Å². The molecule has 0 spiro atoms. The molecule has 2 aliphatic carbocycles. The van der Waals surface area contributed by atoms with Gasteiger partial charge in [0, 0.05) is 12.1 Å². The number of carbonyl (C=O) groups is 2. The maximum absolute atomic E-state index is 13.3. The third-order valence-corrected chi connectivity index (χ3v) is 9.29. The Balaban J connectivity index is 1.76. The topological polar surface area (TPSA) is 129 Å². The lowest BCUT2D eigenvalue weighted by molar-refractivity contribution is -0.135. The minimum absolute atomic E-state index is 0.0836. The van der Waals surface area contributed by atoms with Gasteiger partial charge in [-0.25, -0.2) is 18.2 Å². The highest BCUT2D eigenvalue weighted by Crippen LogP contribution is 2.33. The monoisotopic (exact) mass is 472 g/mol. The molecule has 1 aromatic heterocycles. The fourth-order valence-corrected chi connectivity index (χ4v) is 6.99. The maximum atomic E-state index is 13.3. The molecule has 0 aromatic carbocycles. The molecule has 11 heteroatoms. The van der Waals surface area contributed by atoms with E-state index in [0.29, 0.717) is 5.92 Å². The minimum atomic E-state index is -4.01. The van der Waals surface area contributed by atoms with Gasteiger partial charge in [-0.2, -0.15) is 4.72 Å². The second-order valence-electron chi connectivity index (χ2n) is 8.65. The molecule has 3 N–H and O–H groups in total. The Kier molecular flexibility index (Phi) is 7.92. The second kappa shape index (κ2) is 10.3. The van der Waals surface area contributed by atoms with Crippen molar-refractivity contribution in [3.05, 3.63) is 5.69 Å². The number of carbonyl (C=O) groups excluding carboxylic acids is 1. The van der Waals surface area contributed by atoms with Crippen LogP contribution in [0.2, 0.25) is 0 Å². The van der Waals surface area contributed by atoms with Crippen molar-refractivity contribution < 1.29 is 23.1 Å². The molecule has 0 bridgehead atoms. The van der Waals surface area contributed by atoms with Gasteiger partial charge in [0.2, 0.25) is 0 Å². The number of sulfonamides is 1. The number of thiazole rings is 1. The molecule has 0 aliphatic heterocycles. The van der Waals surface area contributed by atoms with Crippen LogP contribution in [-0.2, 0) is 14.8 Å². The van der Waals surface area contributed by atoms with Gasteiger partial charge in [0.15, 0.2) is 9.34 Å². The Labute approximate surface area is 187 Å². The molecule has 1 heterocycles. The van der Waals surface area contributed by atoms with E-state index in [0.717, 1.165) is 62.7 Å². The predicted molar refractivity (Wildman–Crippen MR) is 119 cm³/mol. The van der Waals surface area contributed by atoms with Crippen LogP contribution >= 0.6 is 11.3 Å². The molecule has 2 amide bonds. The normalized spacial score (nSPS) is 22.8. The number of aryl methyl sites for hydroxylation is 1. The predicted octanol–water partition coefficient (Wildman–Crippen LogP) is 3.56. The second-order valence-corrected chi connectivity index (χ2v) is 11.6. The average molecular weight is 473 g/mol. The van der Waals surface area contributed by atoms with Gasteiger partial charge >= 0.3 is 12.0 Å². The highest BCUT2D eigenvalue weighted by Gasteiger charge is 2.34. The van der Waals surface area contributed by atoms with Gasteiger partial charge in [0.05, 0.1) is 5.69 Å². The number of amides is 2. The molecule has 9 nitrogen and oxygen atoms in total. The number of rotatable bonds is 7. The number of urea groups is 1. The van der Waals surface area contributed by atoms with Crippen LogP contribution < -0.4 is 10.0 Å². The van der Waals surface area contributed by atoms with E-state index in [9.17, 15) is 18.0 Å². The van der Waals surface area contributed by atoms with Crippen molar-refractivity contribution in [2.24, 2.45) is 5.92 Å². The van der Waals surface area contributed by atoms with E-state index in [-0.39, 0.29) is 33.1 Å². The van der Waals surface area contributed by atoms with Crippen LogP contribution in [-0.4, -0.2) is 54.0 Å². The largest absolute Gasteiger partial charge is 0.480 e. The highest BCUT2D eigenvalue weighted by atomic mass is 32.2. The summed E-state index contributed by atoms with van der Waals surface area (Å²) in [4.78, 5) is 30.2. The zero-order valence-corrected chi connectivity index (χ0v) is 19.7. The number of carboxylic acids is 1. The number of nitrogens with zero attached hydrogens (tertiary/aromatic N) is 2. The lowest BCUT2D eigenvalue weighted by Gasteiger charge is -2.42. The van der Waals surface area contributed by atoms with Gasteiger partial charge in [-0.15, -0.1) is 0 Å². The van der Waals surface area contributed by atoms with Gasteiger partial charge in [0.25, 0.3) is 10.0 Å². The highest BCUT2D eigenvalue weighted by molar-refractivity contribution is 7.91. The zero-order chi connectivity index (χ0) is 22.6. The van der Waals surface area contributed by atoms with E-state index in [2.05, 4.69) is 17.2 Å². The van der Waals surface area contributed by atoms with Crippen LogP contribution in [0.25, 0.3) is 0 Å². The van der Waals surface area contributed by atoms with Crippen molar-refractivity contribution in [3.8, 4) is 0 Å². The summed E-state index contributed by atoms with van der Waals surface area (Å²) in [6, 6.07) is 0.178. The molecule has 174 valence electrons. The van der Waals surface area contributed by atoms with Gasteiger partial charge < -0.3 is 10.0 Å². The van der Waals surface area contributed by atoms with Crippen LogP contribution in [0.3, 0.4) is 0 Å². The van der Waals surface area contributed by atoms with Gasteiger partial charge in [-0.05, 0) is 51.4 Å². The fourth-order valence-electron chi connectivity index (χ4n) is 4.57. The zero-order valence-electron chi connectivity index (χ0n) is 18.1. The molecule has 31 heavy (non-hydrogen) atoms. The van der Waals surface area contributed by atoms with Crippen molar-refractivity contribution in [2.45, 2.75) is 87.9 Å². The molecule has 0 atom stereocenters. The summed E-state index contributed by atoms with van der Waals surface area (Å²) in [6.07, 6.45) is 9.61. The molecule has 3 rings (SSSR count). The number of hydrogen-bond donors (Lipinski definition) is 3. The average Bonchev–Trinajstić information content (AvgIpc) is 3.10. The molecule has 0 saturated heterocycles. The fraction of sp³-hybridized carbons (Fsp3) is 0.750. The van der Waals surface area contributed by atoms with Crippen molar-refractivity contribution in [2.75, 3.05) is 11.9 Å². The summed E-state index contributed by atoms with van der Waals surface area (Å²) in [7, 11) is -4.01. The van der Waals surface area contributed by atoms with E-state index >= 15 is 0 Å². The number of hydrogen-bond acceptors (Lipinski definition) is 6. The van der Waals surface area contributed by atoms with Gasteiger partial charge in [0.1, 0.15) is 6.54 Å². The Hall–Kier alpha value is -1.72. The third kappa shape index (κ3) is 6.17. The first-order chi connectivity index (χ1) is 14.7. The van der Waals surface area contributed by atoms with Crippen molar-refractivity contribution in [1.82, 2.24) is 14.6 Å². The number of anilines is 1. The first kappa shape index (κ1) is 23.9. The number of carboxylic acid groups (broad SMARTS) is 1. The van der Waals surface area contributed by atoms with Gasteiger partial charge in [-0.1, -0.05) is 37.5 Å². The Bertz CT molecular complexity index is 887. The van der Waals surface area contributed by atoms with Crippen LogP contribution in [0.15, 0.2) is 4.21 Å². The standard InChI is InChI=1S/C20H32N4O5S2/c1-13-8-10-16(11-9-13)24(15-6-4-3-5-7-15)20(27)23-19-22-14(2)18(30-19)31(28,29)21-12-17(25)26/h13,15-16,21H,3-12H2,1-2H3,(H,25,26)(H,22,23,27). The maximum Gasteiger partial charge on any atom is 0.324 e. The molecular weight excluding hydrogens is 440 g/mol.